The normalized spacial score (nSPS) is 11.3. The minimum Gasteiger partial charge on any atom is -0.372 e. The number of aromatic nitrogens is 2. The molecule has 0 radical (unpaired) electrons. The largest absolute Gasteiger partial charge is 0.372 e. The Hall–Kier alpha value is -3.00. The molecule has 8 heteroatoms. The zero-order valence-corrected chi connectivity index (χ0v) is 17.9. The van der Waals surface area contributed by atoms with Crippen LogP contribution in [-0.4, -0.2) is 35.2 Å². The molecule has 0 unspecified atom stereocenters. The molecule has 0 aliphatic rings. The lowest BCUT2D eigenvalue weighted by Crippen LogP contribution is -2.23. The molecule has 0 atom stereocenters. The van der Waals surface area contributed by atoms with Crippen molar-refractivity contribution in [3.05, 3.63) is 56.4 Å². The summed E-state index contributed by atoms with van der Waals surface area (Å²) in [6, 6.07) is 7.98. The number of hydrogen-bond donors (Lipinski definition) is 2. The molecular weight excluding hydrogens is 386 g/mol. The first-order valence-electron chi connectivity index (χ1n) is 9.58. The van der Waals surface area contributed by atoms with E-state index in [-0.39, 0.29) is 17.9 Å². The van der Waals surface area contributed by atoms with Crippen LogP contribution < -0.4 is 15.9 Å². The number of nitrogens with one attached hydrogen (secondary N) is 2. The summed E-state index contributed by atoms with van der Waals surface area (Å²) in [5.74, 6) is -0.00598. The van der Waals surface area contributed by atoms with Crippen molar-refractivity contribution in [2.75, 3.05) is 18.0 Å². The summed E-state index contributed by atoms with van der Waals surface area (Å²) in [7, 11) is 0. The Morgan fingerprint density at radius 1 is 1.24 bits per heavy atom. The van der Waals surface area contributed by atoms with Gasteiger partial charge in [-0.3, -0.25) is 9.59 Å². The standard InChI is InChI=1S/C21H25N5O2S/c1-5-26(6-2)16-9-7-15(8-10-16)12-22-25-18(27)11-17-23-20(28)19-13(3)14(4)29-21(19)24-17/h7-10,12H,5-6,11H2,1-4H3,(H,25,27)(H,23,24,28)/b22-12-. The smallest absolute Gasteiger partial charge is 0.259 e. The highest BCUT2D eigenvalue weighted by Gasteiger charge is 2.13. The molecule has 0 aliphatic heterocycles. The molecule has 7 nitrogen and oxygen atoms in total. The Labute approximate surface area is 173 Å². The number of hydrazone groups is 1. The zero-order chi connectivity index (χ0) is 21.0. The van der Waals surface area contributed by atoms with Gasteiger partial charge in [0.2, 0.25) is 5.91 Å². The molecule has 2 aromatic heterocycles. The number of H-pyrrole nitrogens is 1. The molecule has 152 valence electrons. The molecule has 1 amide bonds. The van der Waals surface area contributed by atoms with Gasteiger partial charge in [0, 0.05) is 23.7 Å². The van der Waals surface area contributed by atoms with Crippen LogP contribution >= 0.6 is 11.3 Å². The Kier molecular flexibility index (Phi) is 6.43. The monoisotopic (exact) mass is 411 g/mol. The van der Waals surface area contributed by atoms with Gasteiger partial charge in [-0.25, -0.2) is 10.4 Å². The maximum Gasteiger partial charge on any atom is 0.259 e. The van der Waals surface area contributed by atoms with E-state index in [0.717, 1.165) is 34.8 Å². The van der Waals surface area contributed by atoms with E-state index in [1.165, 1.54) is 11.3 Å². The lowest BCUT2D eigenvalue weighted by molar-refractivity contribution is -0.120. The molecule has 0 bridgehead atoms. The predicted octanol–water partition coefficient (Wildman–Crippen LogP) is 3.14. The Morgan fingerprint density at radius 3 is 2.59 bits per heavy atom. The van der Waals surface area contributed by atoms with Crippen LogP contribution in [0.4, 0.5) is 5.69 Å². The Bertz CT molecular complexity index is 1090. The van der Waals surface area contributed by atoms with Crippen LogP contribution in [0.1, 0.15) is 35.7 Å². The van der Waals surface area contributed by atoms with Crippen LogP contribution in [0.15, 0.2) is 34.2 Å². The van der Waals surface area contributed by atoms with Crippen molar-refractivity contribution in [2.24, 2.45) is 5.10 Å². The number of aromatic amines is 1. The quantitative estimate of drug-likeness (QED) is 0.462. The van der Waals surface area contributed by atoms with E-state index in [1.807, 2.05) is 38.1 Å². The molecule has 3 rings (SSSR count). The lowest BCUT2D eigenvalue weighted by atomic mass is 10.2. The van der Waals surface area contributed by atoms with Gasteiger partial charge >= 0.3 is 0 Å². The van der Waals surface area contributed by atoms with Gasteiger partial charge in [0.1, 0.15) is 10.7 Å². The van der Waals surface area contributed by atoms with E-state index in [0.29, 0.717) is 16.0 Å². The lowest BCUT2D eigenvalue weighted by Gasteiger charge is -2.20. The fraction of sp³-hybridized carbons (Fsp3) is 0.333. The third-order valence-corrected chi connectivity index (χ3v) is 5.94. The molecule has 0 aliphatic carbocycles. The number of thiophene rings is 1. The van der Waals surface area contributed by atoms with Crippen LogP contribution in [0, 0.1) is 13.8 Å². The number of carbonyl (C=O) groups is 1. The molecule has 2 heterocycles. The summed E-state index contributed by atoms with van der Waals surface area (Å²) in [5, 5.41) is 4.60. The highest BCUT2D eigenvalue weighted by Crippen LogP contribution is 2.25. The number of hydrogen-bond acceptors (Lipinski definition) is 6. The average molecular weight is 412 g/mol. The van der Waals surface area contributed by atoms with Gasteiger partial charge in [0.15, 0.2) is 0 Å². The summed E-state index contributed by atoms with van der Waals surface area (Å²) in [6.07, 6.45) is 1.55. The fourth-order valence-electron chi connectivity index (χ4n) is 3.11. The summed E-state index contributed by atoms with van der Waals surface area (Å²) < 4.78 is 0. The summed E-state index contributed by atoms with van der Waals surface area (Å²) in [4.78, 5) is 35.5. The number of benzene rings is 1. The van der Waals surface area contributed by atoms with Crippen molar-refractivity contribution in [1.29, 1.82) is 0 Å². The van der Waals surface area contributed by atoms with Gasteiger partial charge < -0.3 is 9.88 Å². The maximum absolute atomic E-state index is 12.3. The van der Waals surface area contributed by atoms with E-state index in [1.54, 1.807) is 6.21 Å². The van der Waals surface area contributed by atoms with Crippen LogP contribution in [-0.2, 0) is 11.2 Å². The fourth-order valence-corrected chi connectivity index (χ4v) is 4.16. The molecule has 3 aromatic rings. The number of carbonyl (C=O) groups excluding carboxylic acids is 1. The van der Waals surface area contributed by atoms with Gasteiger partial charge in [-0.2, -0.15) is 5.10 Å². The van der Waals surface area contributed by atoms with Crippen molar-refractivity contribution in [3.8, 4) is 0 Å². The third-order valence-electron chi connectivity index (χ3n) is 4.84. The minimum absolute atomic E-state index is 0.0422. The van der Waals surface area contributed by atoms with Gasteiger partial charge in [-0.15, -0.1) is 11.3 Å². The number of anilines is 1. The average Bonchev–Trinajstić information content (AvgIpc) is 2.98. The highest BCUT2D eigenvalue weighted by atomic mass is 32.1. The number of aryl methyl sites for hydroxylation is 2. The van der Waals surface area contributed by atoms with E-state index in [2.05, 4.69) is 39.2 Å². The van der Waals surface area contributed by atoms with Gasteiger partial charge in [0.25, 0.3) is 5.56 Å². The van der Waals surface area contributed by atoms with Gasteiger partial charge in [-0.05, 0) is 51.0 Å². The molecule has 0 spiro atoms. The van der Waals surface area contributed by atoms with E-state index >= 15 is 0 Å². The summed E-state index contributed by atoms with van der Waals surface area (Å²) in [5.41, 5.74) is 5.25. The Balaban J connectivity index is 1.62. The molecule has 0 saturated carbocycles. The molecule has 0 saturated heterocycles. The topological polar surface area (TPSA) is 90.4 Å². The van der Waals surface area contributed by atoms with E-state index < -0.39 is 0 Å². The number of nitrogens with zero attached hydrogens (tertiary/aromatic N) is 3. The van der Waals surface area contributed by atoms with E-state index in [9.17, 15) is 9.59 Å². The molecule has 2 N–H and O–H groups in total. The van der Waals surface area contributed by atoms with Crippen molar-refractivity contribution in [1.82, 2.24) is 15.4 Å². The summed E-state index contributed by atoms with van der Waals surface area (Å²) in [6.45, 7) is 10.0. The molecule has 29 heavy (non-hydrogen) atoms. The predicted molar refractivity (Wildman–Crippen MR) is 119 cm³/mol. The van der Waals surface area contributed by atoms with Gasteiger partial charge in [-0.1, -0.05) is 12.1 Å². The van der Waals surface area contributed by atoms with Gasteiger partial charge in [0.05, 0.1) is 18.0 Å². The van der Waals surface area contributed by atoms with Crippen molar-refractivity contribution >= 4 is 39.4 Å². The molecular formula is C21H25N5O2S. The first kappa shape index (κ1) is 20.7. The van der Waals surface area contributed by atoms with E-state index in [4.69, 9.17) is 0 Å². The Morgan fingerprint density at radius 2 is 1.93 bits per heavy atom. The van der Waals surface area contributed by atoms with Crippen molar-refractivity contribution in [2.45, 2.75) is 34.1 Å². The number of fused-ring (bicyclic) bond motifs is 1. The first-order valence-corrected chi connectivity index (χ1v) is 10.4. The van der Waals surface area contributed by atoms with Crippen LogP contribution in [0.25, 0.3) is 10.2 Å². The number of amides is 1. The first-order chi connectivity index (χ1) is 13.9. The minimum atomic E-state index is -0.339. The van der Waals surface area contributed by atoms with Crippen LogP contribution in [0.2, 0.25) is 0 Å². The molecule has 0 fully saturated rings. The van der Waals surface area contributed by atoms with Crippen LogP contribution in [0.5, 0.6) is 0 Å². The molecule has 1 aromatic carbocycles. The SMILES string of the molecule is CCN(CC)c1ccc(/C=N\NC(=O)Cc2nc3sc(C)c(C)c3c(=O)[nH]2)cc1. The highest BCUT2D eigenvalue weighted by molar-refractivity contribution is 7.18. The third kappa shape index (κ3) is 4.71. The summed E-state index contributed by atoms with van der Waals surface area (Å²) >= 11 is 1.46. The van der Waals surface area contributed by atoms with Crippen LogP contribution in [0.3, 0.4) is 0 Å². The maximum atomic E-state index is 12.3. The van der Waals surface area contributed by atoms with Crippen molar-refractivity contribution in [3.63, 3.8) is 0 Å². The second-order valence-electron chi connectivity index (χ2n) is 6.71. The second kappa shape index (κ2) is 9.00. The van der Waals surface area contributed by atoms with Crippen molar-refractivity contribution < 1.29 is 4.79 Å². The number of rotatable bonds is 7. The second-order valence-corrected chi connectivity index (χ2v) is 7.91. The zero-order valence-electron chi connectivity index (χ0n) is 17.1.